The third kappa shape index (κ3) is 4.31. The molecule has 3 atom stereocenters. The first-order valence-corrected chi connectivity index (χ1v) is 10.7. The SMILES string of the molecule is [N-]=[N+]=NCc1ccc(Cn2cc(-c3nn([C@H]4C[C@H](O)[C@@H](CO)O4)c4nc(N)[nH]c(=O)c34)nn2)cc1. The van der Waals surface area contributed by atoms with E-state index in [0.717, 1.165) is 11.1 Å². The first-order chi connectivity index (χ1) is 17.0. The number of H-pyrrole nitrogens is 1. The standard InChI is InChI=1S/C20H21N11O4/c21-20-24-18-16(19(34)25-20)17(27-31(18)15-5-13(33)14(9-32)35-15)12-8-30(29-26-12)7-11-3-1-10(2-4-11)6-23-28-22/h1-4,8,13-15,32-33H,5-7,9H2,(H3,21,24,25,34)/t13-,14+,15+/m0/s1. The van der Waals surface area contributed by atoms with Gasteiger partial charge in [0.2, 0.25) is 5.95 Å². The van der Waals surface area contributed by atoms with Crippen molar-refractivity contribution in [2.24, 2.45) is 5.11 Å². The monoisotopic (exact) mass is 479 g/mol. The molecule has 5 N–H and O–H groups in total. The Morgan fingerprint density at radius 3 is 2.80 bits per heavy atom. The maximum Gasteiger partial charge on any atom is 0.264 e. The van der Waals surface area contributed by atoms with E-state index >= 15 is 0 Å². The van der Waals surface area contributed by atoms with E-state index in [4.69, 9.17) is 16.0 Å². The molecular formula is C20H21N11O4. The summed E-state index contributed by atoms with van der Waals surface area (Å²) in [7, 11) is 0. The Morgan fingerprint density at radius 2 is 2.09 bits per heavy atom. The number of rotatable bonds is 7. The molecule has 0 saturated carbocycles. The number of nitrogen functional groups attached to an aromatic ring is 1. The fourth-order valence-corrected chi connectivity index (χ4v) is 4.01. The van der Waals surface area contributed by atoms with Crippen LogP contribution in [0.1, 0.15) is 23.8 Å². The molecule has 1 aliphatic rings. The smallest absolute Gasteiger partial charge is 0.264 e. The number of benzene rings is 1. The van der Waals surface area contributed by atoms with Crippen LogP contribution in [0.4, 0.5) is 5.95 Å². The van der Waals surface area contributed by atoms with Gasteiger partial charge < -0.3 is 20.7 Å². The molecule has 4 heterocycles. The van der Waals surface area contributed by atoms with E-state index in [2.05, 4.69) is 35.4 Å². The second-order valence-corrected chi connectivity index (χ2v) is 8.06. The zero-order valence-electron chi connectivity index (χ0n) is 18.3. The number of nitrogens with two attached hydrogens (primary N) is 1. The van der Waals surface area contributed by atoms with Gasteiger partial charge in [-0.25, -0.2) is 9.36 Å². The zero-order chi connectivity index (χ0) is 24.5. The summed E-state index contributed by atoms with van der Waals surface area (Å²) in [5, 5.41) is 36.1. The highest BCUT2D eigenvalue weighted by atomic mass is 16.5. The van der Waals surface area contributed by atoms with Crippen molar-refractivity contribution in [2.45, 2.75) is 37.9 Å². The highest BCUT2D eigenvalue weighted by Crippen LogP contribution is 2.32. The van der Waals surface area contributed by atoms with Crippen LogP contribution in [0.15, 0.2) is 40.4 Å². The average Bonchev–Trinajstić information content (AvgIpc) is 3.55. The lowest BCUT2D eigenvalue weighted by molar-refractivity contribution is -0.0469. The first-order valence-electron chi connectivity index (χ1n) is 10.7. The highest BCUT2D eigenvalue weighted by Gasteiger charge is 2.37. The van der Waals surface area contributed by atoms with Crippen molar-refractivity contribution in [3.63, 3.8) is 0 Å². The minimum absolute atomic E-state index is 0.0972. The normalized spacial score (nSPS) is 19.8. The summed E-state index contributed by atoms with van der Waals surface area (Å²) in [6.07, 6.45) is -0.632. The number of aliphatic hydroxyl groups excluding tert-OH is 2. The van der Waals surface area contributed by atoms with Crippen LogP contribution in [0.25, 0.3) is 32.9 Å². The minimum Gasteiger partial charge on any atom is -0.394 e. The summed E-state index contributed by atoms with van der Waals surface area (Å²) < 4.78 is 8.67. The van der Waals surface area contributed by atoms with Gasteiger partial charge in [-0.2, -0.15) is 10.1 Å². The number of fused-ring (bicyclic) bond motifs is 1. The topological polar surface area (TPSA) is 219 Å². The molecule has 15 nitrogen and oxygen atoms in total. The summed E-state index contributed by atoms with van der Waals surface area (Å²) in [6, 6.07) is 7.52. The third-order valence-electron chi connectivity index (χ3n) is 5.70. The molecule has 0 amide bonds. The molecule has 5 rings (SSSR count). The van der Waals surface area contributed by atoms with E-state index in [1.807, 2.05) is 24.3 Å². The van der Waals surface area contributed by atoms with Crippen molar-refractivity contribution in [3.8, 4) is 11.4 Å². The summed E-state index contributed by atoms with van der Waals surface area (Å²) in [4.78, 5) is 22.2. The van der Waals surface area contributed by atoms with Crippen LogP contribution in [0.3, 0.4) is 0 Å². The third-order valence-corrected chi connectivity index (χ3v) is 5.70. The van der Waals surface area contributed by atoms with E-state index in [1.165, 1.54) is 4.68 Å². The van der Waals surface area contributed by atoms with Gasteiger partial charge in [0, 0.05) is 11.3 Å². The van der Waals surface area contributed by atoms with Crippen LogP contribution < -0.4 is 11.3 Å². The average molecular weight is 479 g/mol. The molecule has 1 fully saturated rings. The van der Waals surface area contributed by atoms with Gasteiger partial charge in [-0.1, -0.05) is 34.6 Å². The lowest BCUT2D eigenvalue weighted by Gasteiger charge is -2.12. The van der Waals surface area contributed by atoms with Gasteiger partial charge in [-0.05, 0) is 16.7 Å². The molecule has 0 radical (unpaired) electrons. The molecule has 1 aliphatic heterocycles. The maximum absolute atomic E-state index is 12.8. The first kappa shape index (κ1) is 22.5. The van der Waals surface area contributed by atoms with Gasteiger partial charge in [0.25, 0.3) is 5.56 Å². The van der Waals surface area contributed by atoms with Gasteiger partial charge in [-0.15, -0.1) is 5.10 Å². The molecule has 0 unspecified atom stereocenters. The van der Waals surface area contributed by atoms with Gasteiger partial charge in [0.05, 0.1) is 32.0 Å². The lowest BCUT2D eigenvalue weighted by Crippen LogP contribution is -2.24. The molecule has 0 aliphatic carbocycles. The number of hydrogen-bond acceptors (Lipinski definition) is 10. The Kier molecular flexibility index (Phi) is 5.88. The molecule has 3 aromatic heterocycles. The van der Waals surface area contributed by atoms with Gasteiger partial charge in [-0.3, -0.25) is 9.78 Å². The number of aromatic nitrogens is 7. The number of nitrogens with zero attached hydrogens (tertiary/aromatic N) is 9. The highest BCUT2D eigenvalue weighted by molar-refractivity contribution is 5.89. The predicted octanol–water partition coefficient (Wildman–Crippen LogP) is 0.460. The fraction of sp³-hybridized carbons (Fsp3) is 0.350. The van der Waals surface area contributed by atoms with Gasteiger partial charge in [0.15, 0.2) is 11.9 Å². The van der Waals surface area contributed by atoms with E-state index in [0.29, 0.717) is 12.2 Å². The van der Waals surface area contributed by atoms with E-state index in [-0.39, 0.29) is 42.2 Å². The van der Waals surface area contributed by atoms with Crippen molar-refractivity contribution in [3.05, 3.63) is 62.4 Å². The molecule has 0 bridgehead atoms. The quantitative estimate of drug-likeness (QED) is 0.164. The zero-order valence-corrected chi connectivity index (χ0v) is 18.3. The molecule has 35 heavy (non-hydrogen) atoms. The van der Waals surface area contributed by atoms with Crippen LogP contribution in [0, 0.1) is 0 Å². The van der Waals surface area contributed by atoms with Crippen LogP contribution in [0.2, 0.25) is 0 Å². The molecular weight excluding hydrogens is 458 g/mol. The van der Waals surface area contributed by atoms with Crippen LogP contribution in [0.5, 0.6) is 0 Å². The second-order valence-electron chi connectivity index (χ2n) is 8.06. The number of azide groups is 1. The van der Waals surface area contributed by atoms with Gasteiger partial charge >= 0.3 is 0 Å². The van der Waals surface area contributed by atoms with Gasteiger partial charge in [0.1, 0.15) is 22.9 Å². The van der Waals surface area contributed by atoms with Crippen LogP contribution in [-0.4, -0.2) is 63.8 Å². The molecule has 1 saturated heterocycles. The number of aliphatic hydroxyl groups is 2. The summed E-state index contributed by atoms with van der Waals surface area (Å²) in [5.41, 5.74) is 16.3. The van der Waals surface area contributed by atoms with Crippen molar-refractivity contribution < 1.29 is 14.9 Å². The Balaban J connectivity index is 1.48. The number of hydrogen-bond donors (Lipinski definition) is 4. The van der Waals surface area contributed by atoms with Crippen molar-refractivity contribution in [1.82, 2.24) is 34.7 Å². The number of ether oxygens (including phenoxy) is 1. The fourth-order valence-electron chi connectivity index (χ4n) is 4.01. The molecule has 0 spiro atoms. The van der Waals surface area contributed by atoms with Crippen molar-refractivity contribution in [1.29, 1.82) is 0 Å². The number of nitrogens with one attached hydrogen (secondary N) is 1. The molecule has 15 heteroatoms. The Bertz CT molecular complexity index is 1470. The number of aromatic amines is 1. The Labute approximate surface area is 196 Å². The molecule has 4 aromatic rings. The molecule has 180 valence electrons. The molecule has 1 aromatic carbocycles. The summed E-state index contributed by atoms with van der Waals surface area (Å²) in [5.74, 6) is -0.0972. The largest absolute Gasteiger partial charge is 0.394 e. The van der Waals surface area contributed by atoms with E-state index < -0.39 is 24.0 Å². The Morgan fingerprint density at radius 1 is 1.31 bits per heavy atom. The summed E-state index contributed by atoms with van der Waals surface area (Å²) >= 11 is 0. The van der Waals surface area contributed by atoms with Crippen molar-refractivity contribution in [2.75, 3.05) is 12.3 Å². The van der Waals surface area contributed by atoms with Crippen LogP contribution >= 0.6 is 0 Å². The summed E-state index contributed by atoms with van der Waals surface area (Å²) in [6.45, 7) is 0.319. The van der Waals surface area contributed by atoms with E-state index in [9.17, 15) is 15.0 Å². The van der Waals surface area contributed by atoms with E-state index in [1.54, 1.807) is 10.9 Å². The maximum atomic E-state index is 12.8. The minimum atomic E-state index is -0.897. The number of anilines is 1. The van der Waals surface area contributed by atoms with Crippen LogP contribution in [-0.2, 0) is 17.8 Å². The Hall–Kier alpha value is -4.30. The lowest BCUT2D eigenvalue weighted by atomic mass is 10.1. The second kappa shape index (κ2) is 9.15. The van der Waals surface area contributed by atoms with Crippen molar-refractivity contribution >= 4 is 17.0 Å². The predicted molar refractivity (Wildman–Crippen MR) is 122 cm³/mol.